The van der Waals surface area contributed by atoms with Crippen LogP contribution in [0.5, 0.6) is 0 Å². The van der Waals surface area contributed by atoms with Gasteiger partial charge in [-0.15, -0.1) is 21.1 Å². The molecule has 0 bridgehead atoms. The van der Waals surface area contributed by atoms with Crippen LogP contribution in [0.25, 0.3) is 0 Å². The number of methoxy groups -OCH3 is 1. The van der Waals surface area contributed by atoms with Gasteiger partial charge in [-0.3, -0.25) is 0 Å². The number of nitroso groups, excluding NO2 is 1. The molecule has 1 fully saturated rings. The van der Waals surface area contributed by atoms with Crippen molar-refractivity contribution in [3.05, 3.63) is 119 Å². The molecule has 1 aliphatic rings. The van der Waals surface area contributed by atoms with E-state index >= 15 is 0 Å². The van der Waals surface area contributed by atoms with Crippen molar-refractivity contribution in [1.82, 2.24) is 4.90 Å². The first-order chi connectivity index (χ1) is 24.1. The van der Waals surface area contributed by atoms with Crippen LogP contribution < -0.4 is 16.0 Å². The number of nitrogens with zero attached hydrogens (tertiary/aromatic N) is 4. The average molecular weight is 715 g/mol. The molecule has 0 spiro atoms. The highest BCUT2D eigenvalue weighted by Gasteiger charge is 2.35. The highest BCUT2D eigenvalue weighted by molar-refractivity contribution is 7.99. The SMILES string of the molecule is COC1(Cc2ccccc2)CCN(c2ccc(C(N)=NS(=O)(=O)c3ccc(N[C@H](CCN(C)C)CSc4ccccc4)c(N=O)c3)cc2)CC1. The number of hydrogen-bond acceptors (Lipinski definition) is 9. The van der Waals surface area contributed by atoms with Crippen LogP contribution >= 0.6 is 11.8 Å². The van der Waals surface area contributed by atoms with Crippen molar-refractivity contribution in [2.75, 3.05) is 56.8 Å². The van der Waals surface area contributed by atoms with E-state index in [0.29, 0.717) is 11.3 Å². The van der Waals surface area contributed by atoms with Crippen LogP contribution in [0.4, 0.5) is 17.1 Å². The van der Waals surface area contributed by atoms with Gasteiger partial charge in [-0.25, -0.2) is 0 Å². The van der Waals surface area contributed by atoms with Gasteiger partial charge >= 0.3 is 0 Å². The number of amidine groups is 1. The molecule has 5 rings (SSSR count). The van der Waals surface area contributed by atoms with Gasteiger partial charge in [0.05, 0.1) is 16.2 Å². The number of piperidine rings is 1. The van der Waals surface area contributed by atoms with Gasteiger partial charge in [0, 0.05) is 54.6 Å². The van der Waals surface area contributed by atoms with Crippen LogP contribution in [0.15, 0.2) is 122 Å². The zero-order valence-corrected chi connectivity index (χ0v) is 30.5. The Balaban J connectivity index is 1.24. The molecule has 12 heteroatoms. The Labute approximate surface area is 300 Å². The van der Waals surface area contributed by atoms with Crippen LogP contribution in [0.3, 0.4) is 0 Å². The molecule has 264 valence electrons. The molecule has 1 atom stereocenters. The fourth-order valence-electron chi connectivity index (χ4n) is 6.09. The molecule has 10 nitrogen and oxygen atoms in total. The molecule has 4 aromatic carbocycles. The molecular formula is C38H46N6O4S2. The predicted octanol–water partition coefficient (Wildman–Crippen LogP) is 6.93. The van der Waals surface area contributed by atoms with Crippen molar-refractivity contribution in [2.24, 2.45) is 15.3 Å². The van der Waals surface area contributed by atoms with E-state index in [9.17, 15) is 13.3 Å². The van der Waals surface area contributed by atoms with Crippen LogP contribution in [0.2, 0.25) is 0 Å². The van der Waals surface area contributed by atoms with Gasteiger partial charge in [-0.1, -0.05) is 48.5 Å². The summed E-state index contributed by atoms with van der Waals surface area (Å²) in [5, 5.41) is 6.56. The van der Waals surface area contributed by atoms with Gasteiger partial charge in [0.15, 0.2) is 0 Å². The van der Waals surface area contributed by atoms with Crippen molar-refractivity contribution < 1.29 is 13.2 Å². The maximum Gasteiger partial charge on any atom is 0.284 e. The summed E-state index contributed by atoms with van der Waals surface area (Å²) < 4.78 is 36.6. The Hall–Kier alpha value is -4.23. The third-order valence-electron chi connectivity index (χ3n) is 9.07. The summed E-state index contributed by atoms with van der Waals surface area (Å²) >= 11 is 1.71. The zero-order chi connectivity index (χ0) is 35.6. The lowest BCUT2D eigenvalue weighted by atomic mass is 9.85. The van der Waals surface area contributed by atoms with Crippen LogP contribution in [-0.4, -0.2) is 77.4 Å². The lowest BCUT2D eigenvalue weighted by Gasteiger charge is -2.42. The summed E-state index contributed by atoms with van der Waals surface area (Å²) in [6.45, 7) is 2.50. The van der Waals surface area contributed by atoms with Crippen molar-refractivity contribution in [1.29, 1.82) is 0 Å². The summed E-state index contributed by atoms with van der Waals surface area (Å²) in [6.07, 6.45) is 3.45. The van der Waals surface area contributed by atoms with Crippen LogP contribution in [-0.2, 0) is 21.2 Å². The Morgan fingerprint density at radius 2 is 1.64 bits per heavy atom. The van der Waals surface area contributed by atoms with E-state index in [4.69, 9.17) is 10.5 Å². The van der Waals surface area contributed by atoms with E-state index in [1.165, 1.54) is 17.7 Å². The molecule has 0 aromatic heterocycles. The average Bonchev–Trinajstić information content (AvgIpc) is 3.13. The molecule has 1 aliphatic heterocycles. The lowest BCUT2D eigenvalue weighted by molar-refractivity contribution is -0.0289. The molecule has 0 unspecified atom stereocenters. The number of nitrogens with two attached hydrogens (primary N) is 1. The van der Waals surface area contributed by atoms with Gasteiger partial charge in [0.25, 0.3) is 10.0 Å². The standard InChI is InChI=1S/C38H46N6O4S2/c1-43(2)23-20-31(28-49-33-12-8-5-9-13-33)40-35-19-18-34(26-36(35)41-45)50(46,47)42-37(39)30-14-16-32(17-15-30)44-24-21-38(48-3,22-25-44)27-29-10-6-4-7-11-29/h4-19,26,31,40H,20-25,27-28H2,1-3H3,(H2,39,42)/t31-/m1/s1. The number of sulfonamides is 1. The maximum absolute atomic E-state index is 13.3. The topological polar surface area (TPSA) is 130 Å². The fraction of sp³-hybridized carbons (Fsp3) is 0.342. The second-order valence-corrected chi connectivity index (χ2v) is 15.6. The third-order valence-corrected chi connectivity index (χ3v) is 11.5. The first kappa shape index (κ1) is 37.0. The quantitative estimate of drug-likeness (QED) is 0.0549. The fourth-order valence-corrected chi connectivity index (χ4v) is 8.05. The first-order valence-corrected chi connectivity index (χ1v) is 19.1. The second-order valence-electron chi connectivity index (χ2n) is 12.9. The largest absolute Gasteiger partial charge is 0.383 e. The molecule has 0 amide bonds. The van der Waals surface area contributed by atoms with Crippen molar-refractivity contribution in [3.8, 4) is 0 Å². The molecule has 0 saturated carbocycles. The monoisotopic (exact) mass is 714 g/mol. The van der Waals surface area contributed by atoms with E-state index in [1.54, 1.807) is 37.1 Å². The zero-order valence-electron chi connectivity index (χ0n) is 28.9. The van der Waals surface area contributed by atoms with Crippen LogP contribution in [0.1, 0.15) is 30.4 Å². The molecule has 1 heterocycles. The Morgan fingerprint density at radius 1 is 0.980 bits per heavy atom. The first-order valence-electron chi connectivity index (χ1n) is 16.7. The van der Waals surface area contributed by atoms with E-state index in [1.807, 2.05) is 50.5 Å². The summed E-state index contributed by atoms with van der Waals surface area (Å²) in [7, 11) is 1.58. The van der Waals surface area contributed by atoms with Crippen molar-refractivity contribution in [2.45, 2.75) is 47.1 Å². The molecular weight excluding hydrogens is 669 g/mol. The van der Waals surface area contributed by atoms with Crippen molar-refractivity contribution >= 4 is 44.7 Å². The van der Waals surface area contributed by atoms with Gasteiger partial charge in [0.1, 0.15) is 11.5 Å². The molecule has 4 aromatic rings. The summed E-state index contributed by atoms with van der Waals surface area (Å²) in [5.41, 5.74) is 9.23. The van der Waals surface area contributed by atoms with E-state index < -0.39 is 10.0 Å². The predicted molar refractivity (Wildman–Crippen MR) is 205 cm³/mol. The summed E-state index contributed by atoms with van der Waals surface area (Å²) in [4.78, 5) is 17.3. The number of nitrogens with one attached hydrogen (secondary N) is 1. The number of thioether (sulfide) groups is 1. The van der Waals surface area contributed by atoms with Gasteiger partial charge in [-0.05, 0) is 105 Å². The molecule has 1 saturated heterocycles. The van der Waals surface area contributed by atoms with Crippen LogP contribution in [0, 0.1) is 4.91 Å². The second kappa shape index (κ2) is 17.1. The van der Waals surface area contributed by atoms with Gasteiger partial charge in [0.2, 0.25) is 0 Å². The Bertz CT molecular complexity index is 1830. The number of benzene rings is 4. The van der Waals surface area contributed by atoms with Gasteiger partial charge in [-0.2, -0.15) is 8.42 Å². The number of rotatable bonds is 16. The highest BCUT2D eigenvalue weighted by atomic mass is 32.2. The number of ether oxygens (including phenoxy) is 1. The Kier molecular flexibility index (Phi) is 12.7. The lowest BCUT2D eigenvalue weighted by Crippen LogP contribution is -2.47. The Morgan fingerprint density at radius 3 is 2.26 bits per heavy atom. The normalized spacial score (nSPS) is 15.5. The molecule has 3 N–H and O–H groups in total. The van der Waals surface area contributed by atoms with Crippen molar-refractivity contribution in [3.63, 3.8) is 0 Å². The number of anilines is 2. The molecule has 0 radical (unpaired) electrons. The van der Waals surface area contributed by atoms with E-state index in [2.05, 4.69) is 61.1 Å². The van der Waals surface area contributed by atoms with Gasteiger partial charge < -0.3 is 25.6 Å². The highest BCUT2D eigenvalue weighted by Crippen LogP contribution is 2.33. The van der Waals surface area contributed by atoms with E-state index in [-0.39, 0.29) is 28.1 Å². The molecule has 50 heavy (non-hydrogen) atoms. The molecule has 0 aliphatic carbocycles. The minimum absolute atomic E-state index is 0.00366. The minimum atomic E-state index is -4.22. The van der Waals surface area contributed by atoms with E-state index in [0.717, 1.165) is 61.7 Å². The third kappa shape index (κ3) is 9.94. The summed E-state index contributed by atoms with van der Waals surface area (Å²) in [5.74, 6) is 0.608. The smallest absolute Gasteiger partial charge is 0.284 e. The maximum atomic E-state index is 13.3. The number of hydrogen-bond donors (Lipinski definition) is 2. The summed E-state index contributed by atoms with van der Waals surface area (Å²) in [6, 6.07) is 32.1. The minimum Gasteiger partial charge on any atom is -0.383 e.